The second kappa shape index (κ2) is 8.78. The lowest BCUT2D eigenvalue weighted by Gasteiger charge is -2.26. The lowest BCUT2D eigenvalue weighted by Crippen LogP contribution is -2.37. The van der Waals surface area contributed by atoms with Crippen LogP contribution in [0.15, 0.2) is 40.6 Å². The minimum Gasteiger partial charge on any atom is -0.353 e. The number of benzene rings is 1. The average Bonchev–Trinajstić information content (AvgIpc) is 3.30. The van der Waals surface area contributed by atoms with Crippen molar-refractivity contribution in [2.75, 3.05) is 25.4 Å². The molecule has 1 saturated heterocycles. The molecule has 1 aliphatic rings. The number of rotatable bonds is 7. The summed E-state index contributed by atoms with van der Waals surface area (Å²) >= 11 is 2.91. The van der Waals surface area contributed by atoms with Crippen LogP contribution < -0.4 is 5.32 Å². The van der Waals surface area contributed by atoms with Crippen molar-refractivity contribution in [1.82, 2.24) is 10.2 Å². The summed E-state index contributed by atoms with van der Waals surface area (Å²) in [4.78, 5) is 16.4. The number of halogens is 2. The standard InChI is InChI=1S/C18H20F2N2OS2/c19-14-6-5-13(10-15(14)20)25-12-18(23)21-11-16(17-4-3-9-24-17)22-7-1-2-8-22/h3-6,9-10,16H,1-2,7-8,11-12H2,(H,21,23). The molecule has 3 rings (SSSR count). The highest BCUT2D eigenvalue weighted by atomic mass is 32.2. The number of nitrogens with zero attached hydrogens (tertiary/aromatic N) is 1. The minimum atomic E-state index is -0.891. The van der Waals surface area contributed by atoms with E-state index in [0.29, 0.717) is 11.4 Å². The number of carbonyl (C=O) groups is 1. The van der Waals surface area contributed by atoms with Crippen LogP contribution in [0.3, 0.4) is 0 Å². The van der Waals surface area contributed by atoms with E-state index in [4.69, 9.17) is 0 Å². The lowest BCUT2D eigenvalue weighted by atomic mass is 10.2. The van der Waals surface area contributed by atoms with Gasteiger partial charge in [-0.25, -0.2) is 8.78 Å². The number of thiophene rings is 1. The number of hydrogen-bond acceptors (Lipinski definition) is 4. The van der Waals surface area contributed by atoms with Gasteiger partial charge in [0.05, 0.1) is 11.8 Å². The summed E-state index contributed by atoms with van der Waals surface area (Å²) in [6, 6.07) is 8.02. The van der Waals surface area contributed by atoms with E-state index in [9.17, 15) is 13.6 Å². The Morgan fingerprint density at radius 3 is 2.72 bits per heavy atom. The van der Waals surface area contributed by atoms with Crippen molar-refractivity contribution >= 4 is 29.0 Å². The van der Waals surface area contributed by atoms with Crippen LogP contribution in [0.5, 0.6) is 0 Å². The number of carbonyl (C=O) groups excluding carboxylic acids is 1. The molecule has 2 aromatic rings. The van der Waals surface area contributed by atoms with Crippen LogP contribution >= 0.6 is 23.1 Å². The molecule has 2 heterocycles. The third-order valence-corrected chi connectivity index (χ3v) is 6.17. The van der Waals surface area contributed by atoms with Crippen molar-refractivity contribution in [3.05, 3.63) is 52.2 Å². The van der Waals surface area contributed by atoms with Crippen LogP contribution in [0.2, 0.25) is 0 Å². The number of hydrogen-bond donors (Lipinski definition) is 1. The minimum absolute atomic E-state index is 0.101. The van der Waals surface area contributed by atoms with Gasteiger partial charge in [0.15, 0.2) is 11.6 Å². The molecule has 1 aromatic carbocycles. The molecule has 1 aromatic heterocycles. The lowest BCUT2D eigenvalue weighted by molar-refractivity contribution is -0.118. The first-order valence-corrected chi connectivity index (χ1v) is 10.1. The highest BCUT2D eigenvalue weighted by Crippen LogP contribution is 2.28. The smallest absolute Gasteiger partial charge is 0.230 e. The van der Waals surface area contributed by atoms with E-state index in [1.807, 2.05) is 6.07 Å². The molecule has 0 bridgehead atoms. The van der Waals surface area contributed by atoms with Gasteiger partial charge < -0.3 is 5.32 Å². The normalized spacial score (nSPS) is 16.1. The summed E-state index contributed by atoms with van der Waals surface area (Å²) in [6.45, 7) is 2.68. The second-order valence-corrected chi connectivity index (χ2v) is 7.97. The van der Waals surface area contributed by atoms with Crippen molar-refractivity contribution in [3.63, 3.8) is 0 Å². The van der Waals surface area contributed by atoms with Crippen molar-refractivity contribution in [2.24, 2.45) is 0 Å². The van der Waals surface area contributed by atoms with E-state index in [1.165, 1.54) is 35.5 Å². The molecule has 1 amide bonds. The zero-order chi connectivity index (χ0) is 17.6. The Bertz CT molecular complexity index is 703. The SMILES string of the molecule is O=C(CSc1ccc(F)c(F)c1)NCC(c1cccs1)N1CCCC1. The molecular formula is C18H20F2N2OS2. The molecule has 0 saturated carbocycles. The first-order valence-electron chi connectivity index (χ1n) is 8.25. The van der Waals surface area contributed by atoms with Gasteiger partial charge in [0.2, 0.25) is 5.91 Å². The highest BCUT2D eigenvalue weighted by molar-refractivity contribution is 8.00. The monoisotopic (exact) mass is 382 g/mol. The summed E-state index contributed by atoms with van der Waals surface area (Å²) in [5, 5.41) is 5.04. The van der Waals surface area contributed by atoms with Crippen LogP contribution in [-0.2, 0) is 4.79 Å². The van der Waals surface area contributed by atoms with Gasteiger partial charge in [-0.05, 0) is 55.6 Å². The fourth-order valence-electron chi connectivity index (χ4n) is 2.92. The van der Waals surface area contributed by atoms with Crippen LogP contribution in [-0.4, -0.2) is 36.2 Å². The van der Waals surface area contributed by atoms with Gasteiger partial charge in [-0.15, -0.1) is 23.1 Å². The quantitative estimate of drug-likeness (QED) is 0.733. The topological polar surface area (TPSA) is 32.3 Å². The number of thioether (sulfide) groups is 1. The molecule has 3 nitrogen and oxygen atoms in total. The molecule has 1 N–H and O–H groups in total. The molecule has 7 heteroatoms. The van der Waals surface area contributed by atoms with Crippen LogP contribution in [0.4, 0.5) is 8.78 Å². The molecule has 1 unspecified atom stereocenters. The molecule has 134 valence electrons. The highest BCUT2D eigenvalue weighted by Gasteiger charge is 2.24. The summed E-state index contributed by atoms with van der Waals surface area (Å²) in [6.07, 6.45) is 2.39. The van der Waals surface area contributed by atoms with Gasteiger partial charge in [0, 0.05) is 16.3 Å². The Morgan fingerprint density at radius 1 is 1.24 bits per heavy atom. The molecule has 1 atom stereocenters. The largest absolute Gasteiger partial charge is 0.353 e. The summed E-state index contributed by atoms with van der Waals surface area (Å²) in [5.41, 5.74) is 0. The fourth-order valence-corrected chi connectivity index (χ4v) is 4.53. The molecule has 1 aliphatic heterocycles. The van der Waals surface area contributed by atoms with E-state index >= 15 is 0 Å². The van der Waals surface area contributed by atoms with Gasteiger partial charge in [0.25, 0.3) is 0 Å². The van der Waals surface area contributed by atoms with Gasteiger partial charge in [-0.1, -0.05) is 6.07 Å². The first-order chi connectivity index (χ1) is 12.1. The third kappa shape index (κ3) is 5.03. The Morgan fingerprint density at radius 2 is 2.04 bits per heavy atom. The van der Waals surface area contributed by atoms with Crippen molar-refractivity contribution in [1.29, 1.82) is 0 Å². The summed E-state index contributed by atoms with van der Waals surface area (Å²) in [5.74, 6) is -1.69. The Balaban J connectivity index is 1.51. The fraction of sp³-hybridized carbons (Fsp3) is 0.389. The van der Waals surface area contributed by atoms with E-state index in [0.717, 1.165) is 25.2 Å². The molecule has 0 radical (unpaired) electrons. The van der Waals surface area contributed by atoms with Crippen molar-refractivity contribution in [2.45, 2.75) is 23.8 Å². The number of nitrogens with one attached hydrogen (secondary N) is 1. The van der Waals surface area contributed by atoms with E-state index < -0.39 is 11.6 Å². The molecule has 0 aliphatic carbocycles. The van der Waals surface area contributed by atoms with Crippen LogP contribution in [0.25, 0.3) is 0 Å². The predicted molar refractivity (Wildman–Crippen MR) is 98.0 cm³/mol. The summed E-state index contributed by atoms with van der Waals surface area (Å²) < 4.78 is 26.1. The van der Waals surface area contributed by atoms with Crippen molar-refractivity contribution < 1.29 is 13.6 Å². The molecular weight excluding hydrogens is 362 g/mol. The Kier molecular flexibility index (Phi) is 6.45. The zero-order valence-corrected chi connectivity index (χ0v) is 15.3. The van der Waals surface area contributed by atoms with Gasteiger partial charge >= 0.3 is 0 Å². The average molecular weight is 383 g/mol. The van der Waals surface area contributed by atoms with Crippen LogP contribution in [0, 0.1) is 11.6 Å². The maximum Gasteiger partial charge on any atom is 0.230 e. The van der Waals surface area contributed by atoms with Gasteiger partial charge in [-0.2, -0.15) is 0 Å². The zero-order valence-electron chi connectivity index (χ0n) is 13.7. The molecule has 25 heavy (non-hydrogen) atoms. The molecule has 0 spiro atoms. The maximum absolute atomic E-state index is 13.2. The number of likely N-dealkylation sites (tertiary alicyclic amines) is 1. The van der Waals surface area contributed by atoms with E-state index in [-0.39, 0.29) is 17.7 Å². The van der Waals surface area contributed by atoms with Crippen LogP contribution in [0.1, 0.15) is 23.8 Å². The van der Waals surface area contributed by atoms with Crippen molar-refractivity contribution in [3.8, 4) is 0 Å². The Hall–Kier alpha value is -1.44. The van der Waals surface area contributed by atoms with E-state index in [2.05, 4.69) is 21.7 Å². The predicted octanol–water partition coefficient (Wildman–Crippen LogP) is 4.07. The Labute approximate surface area is 154 Å². The first kappa shape index (κ1) is 18.4. The van der Waals surface area contributed by atoms with Gasteiger partial charge in [-0.3, -0.25) is 9.69 Å². The molecule has 1 fully saturated rings. The van der Waals surface area contributed by atoms with E-state index in [1.54, 1.807) is 11.3 Å². The summed E-state index contributed by atoms with van der Waals surface area (Å²) in [7, 11) is 0. The third-order valence-electron chi connectivity index (χ3n) is 4.21. The second-order valence-electron chi connectivity index (χ2n) is 5.94. The maximum atomic E-state index is 13.2. The van der Waals surface area contributed by atoms with Gasteiger partial charge in [0.1, 0.15) is 0 Å². The number of amides is 1.